The van der Waals surface area contributed by atoms with Crippen LogP contribution in [0.15, 0.2) is 11.1 Å². The van der Waals surface area contributed by atoms with E-state index in [1.165, 1.54) is 6.33 Å². The van der Waals surface area contributed by atoms with Gasteiger partial charge in [-0.1, -0.05) is 0 Å². The van der Waals surface area contributed by atoms with Crippen molar-refractivity contribution in [3.63, 3.8) is 0 Å². The van der Waals surface area contributed by atoms with Gasteiger partial charge in [-0.25, -0.2) is 4.98 Å². The molecule has 0 spiro atoms. The summed E-state index contributed by atoms with van der Waals surface area (Å²) in [6.07, 6.45) is 3.55. The summed E-state index contributed by atoms with van der Waals surface area (Å²) < 4.78 is 0. The van der Waals surface area contributed by atoms with Gasteiger partial charge in [-0.3, -0.25) is 9.59 Å². The van der Waals surface area contributed by atoms with Gasteiger partial charge in [0.25, 0.3) is 5.56 Å². The molecule has 3 rings (SSSR count). The van der Waals surface area contributed by atoms with Crippen LogP contribution in [0.3, 0.4) is 0 Å². The van der Waals surface area contributed by atoms with Gasteiger partial charge in [0.15, 0.2) is 0 Å². The molecular formula is C12H16N4O2. The van der Waals surface area contributed by atoms with E-state index in [0.29, 0.717) is 25.1 Å². The molecule has 6 heteroatoms. The zero-order valence-corrected chi connectivity index (χ0v) is 10.1. The van der Waals surface area contributed by atoms with Crippen LogP contribution in [0.5, 0.6) is 0 Å². The highest BCUT2D eigenvalue weighted by atomic mass is 16.2. The third-order valence-electron chi connectivity index (χ3n) is 3.85. The van der Waals surface area contributed by atoms with E-state index < -0.39 is 0 Å². The molecule has 3 N–H and O–H groups in total. The first-order valence-corrected chi connectivity index (χ1v) is 6.25. The van der Waals surface area contributed by atoms with Crippen molar-refractivity contribution >= 4 is 5.91 Å². The molecule has 1 aromatic heterocycles. The molecule has 1 amide bonds. The minimum Gasteiger partial charge on any atom is -0.336 e. The third kappa shape index (κ3) is 1.82. The monoisotopic (exact) mass is 248 g/mol. The molecule has 0 atom stereocenters. The first-order valence-electron chi connectivity index (χ1n) is 6.25. The maximum absolute atomic E-state index is 12.2. The van der Waals surface area contributed by atoms with Crippen LogP contribution in [-0.4, -0.2) is 33.4 Å². The normalized spacial score (nSPS) is 26.4. The Bertz CT molecular complexity index is 533. The largest absolute Gasteiger partial charge is 0.336 e. The van der Waals surface area contributed by atoms with E-state index in [1.54, 1.807) is 4.90 Å². The van der Waals surface area contributed by atoms with E-state index in [2.05, 4.69) is 9.97 Å². The maximum atomic E-state index is 12.2. The van der Waals surface area contributed by atoms with Crippen molar-refractivity contribution in [2.75, 3.05) is 6.54 Å². The Kier molecular flexibility index (Phi) is 2.66. The fourth-order valence-electron chi connectivity index (χ4n) is 2.68. The molecule has 0 unspecified atom stereocenters. The number of aromatic nitrogens is 2. The van der Waals surface area contributed by atoms with Crippen LogP contribution >= 0.6 is 0 Å². The summed E-state index contributed by atoms with van der Waals surface area (Å²) in [5.41, 5.74) is 7.06. The lowest BCUT2D eigenvalue weighted by atomic mass is 9.79. The van der Waals surface area contributed by atoms with Crippen LogP contribution in [0.2, 0.25) is 0 Å². The second-order valence-corrected chi connectivity index (χ2v) is 5.10. The molecule has 2 heterocycles. The van der Waals surface area contributed by atoms with E-state index in [-0.39, 0.29) is 23.4 Å². The lowest BCUT2D eigenvalue weighted by molar-refractivity contribution is -0.139. The minimum absolute atomic E-state index is 0.0727. The molecule has 0 radical (unpaired) electrons. The molecule has 18 heavy (non-hydrogen) atoms. The van der Waals surface area contributed by atoms with E-state index in [9.17, 15) is 9.59 Å². The van der Waals surface area contributed by atoms with E-state index in [4.69, 9.17) is 5.73 Å². The minimum atomic E-state index is -0.0854. The predicted octanol–water partition coefficient (Wildman–Crippen LogP) is -0.608. The highest BCUT2D eigenvalue weighted by molar-refractivity contribution is 5.80. The number of carbonyl (C=O) groups is 1. The first-order chi connectivity index (χ1) is 8.65. The summed E-state index contributed by atoms with van der Waals surface area (Å²) in [7, 11) is 0. The molecule has 96 valence electrons. The molecule has 6 nitrogen and oxygen atoms in total. The number of hydrogen-bond acceptors (Lipinski definition) is 4. The van der Waals surface area contributed by atoms with Gasteiger partial charge < -0.3 is 15.6 Å². The van der Waals surface area contributed by atoms with Crippen molar-refractivity contribution < 1.29 is 4.79 Å². The van der Waals surface area contributed by atoms with E-state index in [1.807, 2.05) is 0 Å². The van der Waals surface area contributed by atoms with Crippen LogP contribution in [0.25, 0.3) is 0 Å². The fourth-order valence-corrected chi connectivity index (χ4v) is 2.68. The summed E-state index contributed by atoms with van der Waals surface area (Å²) in [5.74, 6) is 0.230. The van der Waals surface area contributed by atoms with Crippen LogP contribution < -0.4 is 11.3 Å². The van der Waals surface area contributed by atoms with Gasteiger partial charge in [-0.15, -0.1) is 0 Å². The number of rotatable bonds is 1. The van der Waals surface area contributed by atoms with Crippen molar-refractivity contribution in [3.05, 3.63) is 27.9 Å². The standard InChI is InChI=1S/C12H16N4O2/c13-8-3-7(4-8)12(18)16-2-1-9-10(5-16)14-6-15-11(9)17/h6-8H,1-5,13H2,(H,14,15,17). The number of nitrogens with one attached hydrogen (secondary N) is 1. The van der Waals surface area contributed by atoms with Gasteiger partial charge in [0.1, 0.15) is 0 Å². The van der Waals surface area contributed by atoms with Gasteiger partial charge in [0, 0.05) is 24.1 Å². The number of hydrogen-bond donors (Lipinski definition) is 2. The van der Waals surface area contributed by atoms with Crippen molar-refractivity contribution in [2.45, 2.75) is 31.8 Å². The summed E-state index contributed by atoms with van der Waals surface area (Å²) in [6, 6.07) is 0.178. The zero-order valence-electron chi connectivity index (χ0n) is 10.1. The summed E-state index contributed by atoms with van der Waals surface area (Å²) in [6.45, 7) is 1.05. The lowest BCUT2D eigenvalue weighted by Gasteiger charge is -2.37. The molecule has 1 aliphatic heterocycles. The van der Waals surface area contributed by atoms with Crippen molar-refractivity contribution in [1.29, 1.82) is 0 Å². The fraction of sp³-hybridized carbons (Fsp3) is 0.583. The molecule has 2 aliphatic rings. The Hall–Kier alpha value is -1.69. The molecule has 1 saturated carbocycles. The number of nitrogens with two attached hydrogens (primary N) is 1. The number of carbonyl (C=O) groups excluding carboxylic acids is 1. The van der Waals surface area contributed by atoms with Crippen LogP contribution in [-0.2, 0) is 17.8 Å². The van der Waals surface area contributed by atoms with Gasteiger partial charge in [-0.2, -0.15) is 0 Å². The van der Waals surface area contributed by atoms with Gasteiger partial charge in [-0.05, 0) is 19.3 Å². The zero-order chi connectivity index (χ0) is 12.7. The van der Waals surface area contributed by atoms with E-state index >= 15 is 0 Å². The quantitative estimate of drug-likeness (QED) is 0.693. The van der Waals surface area contributed by atoms with Crippen LogP contribution in [0.4, 0.5) is 0 Å². The summed E-state index contributed by atoms with van der Waals surface area (Å²) >= 11 is 0. The highest BCUT2D eigenvalue weighted by Crippen LogP contribution is 2.28. The SMILES string of the molecule is NC1CC(C(=O)N2CCc3c(nc[nH]c3=O)C2)C1. The van der Waals surface area contributed by atoms with Crippen molar-refractivity contribution in [3.8, 4) is 0 Å². The molecule has 0 bridgehead atoms. The molecule has 1 aromatic rings. The van der Waals surface area contributed by atoms with E-state index in [0.717, 1.165) is 18.5 Å². The Morgan fingerprint density at radius 1 is 1.50 bits per heavy atom. The smallest absolute Gasteiger partial charge is 0.254 e. The number of aromatic amines is 1. The van der Waals surface area contributed by atoms with Gasteiger partial charge in [0.2, 0.25) is 5.91 Å². The highest BCUT2D eigenvalue weighted by Gasteiger charge is 2.36. The predicted molar refractivity (Wildman–Crippen MR) is 64.7 cm³/mol. The summed E-state index contributed by atoms with van der Waals surface area (Å²) in [4.78, 5) is 32.3. The number of H-pyrrole nitrogens is 1. The van der Waals surface area contributed by atoms with Gasteiger partial charge >= 0.3 is 0 Å². The second kappa shape index (κ2) is 4.20. The third-order valence-corrected chi connectivity index (χ3v) is 3.85. The molecule has 0 aromatic carbocycles. The lowest BCUT2D eigenvalue weighted by Crippen LogP contribution is -2.48. The Labute approximate surface area is 104 Å². The van der Waals surface area contributed by atoms with Crippen molar-refractivity contribution in [1.82, 2.24) is 14.9 Å². The topological polar surface area (TPSA) is 92.1 Å². The second-order valence-electron chi connectivity index (χ2n) is 5.10. The first kappa shape index (κ1) is 11.4. The Morgan fingerprint density at radius 3 is 3.00 bits per heavy atom. The van der Waals surface area contributed by atoms with Gasteiger partial charge in [0.05, 0.1) is 18.6 Å². The van der Waals surface area contributed by atoms with Crippen LogP contribution in [0, 0.1) is 5.92 Å². The number of amides is 1. The molecule has 1 fully saturated rings. The number of nitrogens with zero attached hydrogens (tertiary/aromatic N) is 2. The van der Waals surface area contributed by atoms with Crippen LogP contribution in [0.1, 0.15) is 24.1 Å². The molecule has 0 saturated heterocycles. The average Bonchev–Trinajstić information content (AvgIpc) is 2.34. The maximum Gasteiger partial charge on any atom is 0.254 e. The average molecular weight is 248 g/mol. The molecule has 1 aliphatic carbocycles. The van der Waals surface area contributed by atoms with Crippen molar-refractivity contribution in [2.24, 2.45) is 11.7 Å². The molecular weight excluding hydrogens is 232 g/mol. The summed E-state index contributed by atoms with van der Waals surface area (Å²) in [5, 5.41) is 0. The Balaban J connectivity index is 1.75. The Morgan fingerprint density at radius 2 is 2.28 bits per heavy atom. The number of fused-ring (bicyclic) bond motifs is 1.